The van der Waals surface area contributed by atoms with E-state index >= 15 is 0 Å². The van der Waals surface area contributed by atoms with Crippen molar-refractivity contribution in [1.82, 2.24) is 0 Å². The first-order valence-electron chi connectivity index (χ1n) is 7.63. The van der Waals surface area contributed by atoms with Gasteiger partial charge in [-0.1, -0.05) is 33.6 Å². The maximum absolute atomic E-state index is 12.4. The van der Waals surface area contributed by atoms with E-state index in [0.29, 0.717) is 20.7 Å². The molecule has 27 heavy (non-hydrogen) atoms. The molecule has 6 nitrogen and oxygen atoms in total. The van der Waals surface area contributed by atoms with Crippen molar-refractivity contribution in [2.75, 3.05) is 11.9 Å². The lowest BCUT2D eigenvalue weighted by molar-refractivity contribution is -0.139. The van der Waals surface area contributed by atoms with Crippen molar-refractivity contribution in [1.29, 1.82) is 5.26 Å². The Morgan fingerprint density at radius 1 is 1.33 bits per heavy atom. The van der Waals surface area contributed by atoms with E-state index < -0.39 is 18.5 Å². The van der Waals surface area contributed by atoms with Crippen LogP contribution in [0, 0.1) is 18.3 Å². The minimum absolute atomic E-state index is 0.176. The largest absolute Gasteiger partial charge is 0.481 e. The number of carboxylic acid groups (broad SMARTS) is 1. The number of nitrogens with zero attached hydrogens (tertiary/aromatic N) is 1. The molecule has 2 rings (SSSR count). The van der Waals surface area contributed by atoms with E-state index in [9.17, 15) is 14.9 Å². The van der Waals surface area contributed by atoms with E-state index in [1.54, 1.807) is 36.4 Å². The molecule has 0 fully saturated rings. The van der Waals surface area contributed by atoms with Crippen LogP contribution in [0.15, 0.2) is 46.4 Å². The number of halogens is 2. The Labute approximate surface area is 169 Å². The smallest absolute Gasteiger partial charge is 0.341 e. The van der Waals surface area contributed by atoms with Crippen LogP contribution in [0.25, 0.3) is 6.08 Å². The van der Waals surface area contributed by atoms with Gasteiger partial charge < -0.3 is 15.2 Å². The van der Waals surface area contributed by atoms with Gasteiger partial charge in [-0.3, -0.25) is 4.79 Å². The molecule has 0 aliphatic carbocycles. The Morgan fingerprint density at radius 2 is 2.07 bits per heavy atom. The lowest BCUT2D eigenvalue weighted by Crippen LogP contribution is -2.14. The summed E-state index contributed by atoms with van der Waals surface area (Å²) in [6.07, 6.45) is 1.33. The summed E-state index contributed by atoms with van der Waals surface area (Å²) in [7, 11) is 0. The number of nitriles is 1. The Morgan fingerprint density at radius 3 is 2.70 bits per heavy atom. The number of amides is 1. The summed E-state index contributed by atoms with van der Waals surface area (Å²) in [5.74, 6) is -1.52. The van der Waals surface area contributed by atoms with Crippen LogP contribution in [0.5, 0.6) is 5.75 Å². The number of benzene rings is 2. The van der Waals surface area contributed by atoms with Gasteiger partial charge in [-0.2, -0.15) is 5.26 Å². The number of carbonyl (C=O) groups is 2. The summed E-state index contributed by atoms with van der Waals surface area (Å²) < 4.78 is 5.88. The molecule has 8 heteroatoms. The quantitative estimate of drug-likeness (QED) is 0.502. The van der Waals surface area contributed by atoms with Crippen LogP contribution >= 0.6 is 27.5 Å². The molecule has 0 aliphatic heterocycles. The maximum atomic E-state index is 12.4. The third kappa shape index (κ3) is 5.84. The van der Waals surface area contributed by atoms with Gasteiger partial charge in [-0.15, -0.1) is 0 Å². The van der Waals surface area contributed by atoms with Gasteiger partial charge in [0.15, 0.2) is 6.61 Å². The number of hydrogen-bond donors (Lipinski definition) is 2. The normalized spacial score (nSPS) is 10.8. The second kappa shape index (κ2) is 9.21. The number of carboxylic acids is 1. The van der Waals surface area contributed by atoms with Crippen LogP contribution in [0.3, 0.4) is 0 Å². The van der Waals surface area contributed by atoms with Crippen molar-refractivity contribution in [3.8, 4) is 11.8 Å². The summed E-state index contributed by atoms with van der Waals surface area (Å²) in [6.45, 7) is 1.29. The van der Waals surface area contributed by atoms with E-state index in [1.165, 1.54) is 6.08 Å². The summed E-state index contributed by atoms with van der Waals surface area (Å²) in [4.78, 5) is 23.1. The van der Waals surface area contributed by atoms with E-state index in [0.717, 1.165) is 5.56 Å². The highest BCUT2D eigenvalue weighted by Gasteiger charge is 2.13. The van der Waals surface area contributed by atoms with Crippen LogP contribution in [0.4, 0.5) is 5.69 Å². The molecule has 0 unspecified atom stereocenters. The molecule has 0 atom stereocenters. The molecule has 0 spiro atoms. The Hall–Kier alpha value is -2.82. The molecule has 0 heterocycles. The van der Waals surface area contributed by atoms with Gasteiger partial charge in [0.2, 0.25) is 0 Å². The minimum atomic E-state index is -1.14. The molecule has 138 valence electrons. The predicted molar refractivity (Wildman–Crippen MR) is 106 cm³/mol. The molecular formula is C19H14BrClN2O4. The second-order valence-electron chi connectivity index (χ2n) is 5.45. The van der Waals surface area contributed by atoms with Crippen LogP contribution < -0.4 is 10.1 Å². The zero-order valence-corrected chi connectivity index (χ0v) is 16.5. The van der Waals surface area contributed by atoms with Gasteiger partial charge in [0.1, 0.15) is 17.4 Å². The van der Waals surface area contributed by atoms with Crippen molar-refractivity contribution in [3.05, 3.63) is 62.6 Å². The molecule has 0 aliphatic rings. The lowest BCUT2D eigenvalue weighted by atomic mass is 10.1. The molecule has 0 bridgehead atoms. The van der Waals surface area contributed by atoms with Crippen molar-refractivity contribution < 1.29 is 19.4 Å². The monoisotopic (exact) mass is 448 g/mol. The zero-order chi connectivity index (χ0) is 20.0. The number of carbonyl (C=O) groups excluding carboxylic acids is 1. The predicted octanol–water partition coefficient (Wildman–Crippen LogP) is 4.42. The fourth-order valence-corrected chi connectivity index (χ4v) is 2.64. The van der Waals surface area contributed by atoms with Crippen LogP contribution in [0.1, 0.15) is 11.1 Å². The van der Waals surface area contributed by atoms with Gasteiger partial charge >= 0.3 is 5.97 Å². The van der Waals surface area contributed by atoms with Crippen molar-refractivity contribution >= 4 is 51.2 Å². The molecule has 2 aromatic carbocycles. The number of nitrogens with one attached hydrogen (secondary N) is 1. The van der Waals surface area contributed by atoms with E-state index in [1.807, 2.05) is 13.0 Å². The third-order valence-electron chi connectivity index (χ3n) is 3.42. The highest BCUT2D eigenvalue weighted by molar-refractivity contribution is 9.10. The second-order valence-corrected chi connectivity index (χ2v) is 6.78. The first-order chi connectivity index (χ1) is 12.8. The van der Waals surface area contributed by atoms with Crippen LogP contribution in [0.2, 0.25) is 5.02 Å². The minimum Gasteiger partial charge on any atom is -0.481 e. The number of anilines is 1. The van der Waals surface area contributed by atoms with Crippen LogP contribution in [-0.2, 0) is 9.59 Å². The number of aryl methyl sites for hydroxylation is 1. The fourth-order valence-electron chi connectivity index (χ4n) is 2.08. The number of rotatable bonds is 6. The maximum Gasteiger partial charge on any atom is 0.341 e. The molecule has 2 aromatic rings. The summed E-state index contributed by atoms with van der Waals surface area (Å²) in [5, 5.41) is 21.2. The number of hydrogen-bond acceptors (Lipinski definition) is 4. The topological polar surface area (TPSA) is 99.4 Å². The lowest BCUT2D eigenvalue weighted by Gasteiger charge is -2.09. The van der Waals surface area contributed by atoms with Crippen molar-refractivity contribution in [3.63, 3.8) is 0 Å². The third-order valence-corrected chi connectivity index (χ3v) is 4.32. The van der Waals surface area contributed by atoms with Crippen molar-refractivity contribution in [2.45, 2.75) is 6.92 Å². The summed E-state index contributed by atoms with van der Waals surface area (Å²) >= 11 is 9.33. The molecule has 0 radical (unpaired) electrons. The average Bonchev–Trinajstić information content (AvgIpc) is 2.61. The van der Waals surface area contributed by atoms with Gasteiger partial charge in [-0.05, 0) is 48.9 Å². The van der Waals surface area contributed by atoms with Crippen LogP contribution in [-0.4, -0.2) is 23.6 Å². The Balaban J connectivity index is 2.30. The summed E-state index contributed by atoms with van der Waals surface area (Å²) in [6, 6.07) is 11.7. The first-order valence-corrected chi connectivity index (χ1v) is 8.80. The average molecular weight is 450 g/mol. The molecule has 0 saturated carbocycles. The molecular weight excluding hydrogens is 436 g/mol. The first kappa shape index (κ1) is 20.5. The molecule has 1 amide bonds. The zero-order valence-electron chi connectivity index (χ0n) is 14.1. The van der Waals surface area contributed by atoms with Gasteiger partial charge in [0.05, 0.1) is 0 Å². The molecule has 2 N–H and O–H groups in total. The van der Waals surface area contributed by atoms with E-state index in [2.05, 4.69) is 21.2 Å². The highest BCUT2D eigenvalue weighted by atomic mass is 79.9. The summed E-state index contributed by atoms with van der Waals surface area (Å²) in [5.41, 5.74) is 1.53. The fraction of sp³-hybridized carbons (Fsp3) is 0.105. The van der Waals surface area contributed by atoms with Gasteiger partial charge in [0, 0.05) is 20.7 Å². The number of aliphatic carboxylic acids is 1. The Kier molecular flexibility index (Phi) is 6.99. The van der Waals surface area contributed by atoms with E-state index in [-0.39, 0.29) is 11.3 Å². The van der Waals surface area contributed by atoms with Gasteiger partial charge in [0.25, 0.3) is 5.91 Å². The van der Waals surface area contributed by atoms with E-state index in [4.69, 9.17) is 21.4 Å². The Bertz CT molecular complexity index is 967. The van der Waals surface area contributed by atoms with Gasteiger partial charge in [-0.25, -0.2) is 4.79 Å². The highest BCUT2D eigenvalue weighted by Crippen LogP contribution is 2.26. The standard InChI is InChI=1S/C19H14BrClN2O4/c1-11-2-4-15(8-16(11)21)23-19(26)13(9-22)6-12-7-14(20)3-5-17(12)27-10-18(24)25/h2-8H,10H2,1H3,(H,23,26)(H,24,25)/b13-6-. The number of ether oxygens (including phenoxy) is 1. The SMILES string of the molecule is Cc1ccc(NC(=O)/C(C#N)=C\c2cc(Br)ccc2OCC(=O)O)cc1Cl. The molecule has 0 aromatic heterocycles. The van der Waals surface area contributed by atoms with Crippen molar-refractivity contribution in [2.24, 2.45) is 0 Å². The molecule has 0 saturated heterocycles.